The van der Waals surface area contributed by atoms with Crippen LogP contribution in [-0.2, 0) is 4.79 Å². The molecule has 1 aromatic heterocycles. The van der Waals surface area contributed by atoms with Crippen LogP contribution in [-0.4, -0.2) is 34.8 Å². The van der Waals surface area contributed by atoms with Gasteiger partial charge in [-0.15, -0.1) is 11.3 Å². The number of likely N-dealkylation sites (tertiary alicyclic amines) is 1. The van der Waals surface area contributed by atoms with Gasteiger partial charge in [0.05, 0.1) is 5.92 Å². The standard InChI is InChI=1S/C16H16FN3O2S/c17-12-5-3-10(4-6-12)15-19-13(9-23-15)16(22)20-7-1-2-11(8-20)14(18)21/h3-6,9,11H,1-2,7-8H2,(H2,18,21). The van der Waals surface area contributed by atoms with Gasteiger partial charge < -0.3 is 10.6 Å². The van der Waals surface area contributed by atoms with E-state index in [0.717, 1.165) is 18.4 Å². The molecule has 2 amide bonds. The second-order valence-electron chi connectivity index (χ2n) is 5.54. The predicted molar refractivity (Wildman–Crippen MR) is 85.3 cm³/mol. The number of nitrogens with two attached hydrogens (primary N) is 1. The SMILES string of the molecule is NC(=O)C1CCCN(C(=O)c2csc(-c3ccc(F)cc3)n2)C1. The first-order chi connectivity index (χ1) is 11.0. The molecule has 0 saturated carbocycles. The smallest absolute Gasteiger partial charge is 0.273 e. The third kappa shape index (κ3) is 3.39. The van der Waals surface area contributed by atoms with E-state index in [2.05, 4.69) is 4.98 Å². The van der Waals surface area contributed by atoms with E-state index in [0.29, 0.717) is 23.8 Å². The van der Waals surface area contributed by atoms with Gasteiger partial charge in [0.25, 0.3) is 5.91 Å². The van der Waals surface area contributed by atoms with Crippen LogP contribution >= 0.6 is 11.3 Å². The number of carbonyl (C=O) groups excluding carboxylic acids is 2. The first kappa shape index (κ1) is 15.6. The first-order valence-corrected chi connectivity index (χ1v) is 8.22. The van der Waals surface area contributed by atoms with Crippen LogP contribution in [0.4, 0.5) is 4.39 Å². The van der Waals surface area contributed by atoms with E-state index in [1.807, 2.05) is 0 Å². The van der Waals surface area contributed by atoms with Crippen molar-refractivity contribution in [1.82, 2.24) is 9.88 Å². The lowest BCUT2D eigenvalue weighted by atomic mass is 9.97. The number of thiazole rings is 1. The van der Waals surface area contributed by atoms with Crippen molar-refractivity contribution in [2.45, 2.75) is 12.8 Å². The van der Waals surface area contributed by atoms with Gasteiger partial charge in [-0.3, -0.25) is 9.59 Å². The molecular weight excluding hydrogens is 317 g/mol. The summed E-state index contributed by atoms with van der Waals surface area (Å²) in [4.78, 5) is 29.8. The van der Waals surface area contributed by atoms with Crippen molar-refractivity contribution in [1.29, 1.82) is 0 Å². The lowest BCUT2D eigenvalue weighted by Crippen LogP contribution is -2.44. The Hall–Kier alpha value is -2.28. The maximum Gasteiger partial charge on any atom is 0.273 e. The summed E-state index contributed by atoms with van der Waals surface area (Å²) in [5.41, 5.74) is 6.45. The molecule has 2 heterocycles. The number of primary amides is 1. The summed E-state index contributed by atoms with van der Waals surface area (Å²) >= 11 is 1.34. The maximum absolute atomic E-state index is 13.0. The summed E-state index contributed by atoms with van der Waals surface area (Å²) < 4.78 is 13.0. The summed E-state index contributed by atoms with van der Waals surface area (Å²) in [5, 5.41) is 2.35. The topological polar surface area (TPSA) is 76.3 Å². The van der Waals surface area contributed by atoms with E-state index in [4.69, 9.17) is 5.73 Å². The molecule has 23 heavy (non-hydrogen) atoms. The van der Waals surface area contributed by atoms with Crippen molar-refractivity contribution in [3.8, 4) is 10.6 Å². The number of benzene rings is 1. The van der Waals surface area contributed by atoms with Crippen molar-refractivity contribution in [2.75, 3.05) is 13.1 Å². The molecule has 1 aliphatic rings. The van der Waals surface area contributed by atoms with Crippen LogP contribution < -0.4 is 5.73 Å². The molecule has 1 aliphatic heterocycles. The summed E-state index contributed by atoms with van der Waals surface area (Å²) in [6, 6.07) is 5.99. The molecule has 0 bridgehead atoms. The number of piperidine rings is 1. The molecule has 3 rings (SSSR count). The molecule has 2 aromatic rings. The first-order valence-electron chi connectivity index (χ1n) is 7.34. The molecule has 1 unspecified atom stereocenters. The minimum atomic E-state index is -0.368. The fourth-order valence-corrected chi connectivity index (χ4v) is 3.45. The molecule has 0 aliphatic carbocycles. The number of halogens is 1. The molecular formula is C16H16FN3O2S. The van der Waals surface area contributed by atoms with Crippen LogP contribution in [0.15, 0.2) is 29.6 Å². The van der Waals surface area contributed by atoms with E-state index >= 15 is 0 Å². The van der Waals surface area contributed by atoms with Crippen molar-refractivity contribution >= 4 is 23.2 Å². The lowest BCUT2D eigenvalue weighted by Gasteiger charge is -2.30. The fraction of sp³-hybridized carbons (Fsp3) is 0.312. The Morgan fingerprint density at radius 2 is 2.04 bits per heavy atom. The molecule has 1 fully saturated rings. The second-order valence-corrected chi connectivity index (χ2v) is 6.40. The quantitative estimate of drug-likeness (QED) is 0.936. The van der Waals surface area contributed by atoms with Crippen molar-refractivity contribution in [2.24, 2.45) is 11.7 Å². The van der Waals surface area contributed by atoms with Crippen LogP contribution in [0, 0.1) is 11.7 Å². The Labute approximate surface area is 136 Å². The summed E-state index contributed by atoms with van der Waals surface area (Å²) in [5.74, 6) is -1.16. The zero-order valence-electron chi connectivity index (χ0n) is 12.4. The highest BCUT2D eigenvalue weighted by atomic mass is 32.1. The molecule has 1 aromatic carbocycles. The largest absolute Gasteiger partial charge is 0.369 e. The molecule has 7 heteroatoms. The van der Waals surface area contributed by atoms with E-state index < -0.39 is 0 Å². The van der Waals surface area contributed by atoms with Crippen LogP contribution in [0.1, 0.15) is 23.3 Å². The number of amides is 2. The van der Waals surface area contributed by atoms with E-state index in [-0.39, 0.29) is 23.5 Å². The molecule has 2 N–H and O–H groups in total. The summed E-state index contributed by atoms with van der Waals surface area (Å²) in [6.45, 7) is 0.948. The highest BCUT2D eigenvalue weighted by Crippen LogP contribution is 2.25. The normalized spacial score (nSPS) is 18.0. The van der Waals surface area contributed by atoms with E-state index in [9.17, 15) is 14.0 Å². The molecule has 0 radical (unpaired) electrons. The van der Waals surface area contributed by atoms with Gasteiger partial charge in [-0.25, -0.2) is 9.37 Å². The van der Waals surface area contributed by atoms with Crippen molar-refractivity contribution in [3.05, 3.63) is 41.2 Å². The van der Waals surface area contributed by atoms with E-state index in [1.165, 1.54) is 23.5 Å². The number of hydrogen-bond donors (Lipinski definition) is 1. The lowest BCUT2D eigenvalue weighted by molar-refractivity contribution is -0.123. The van der Waals surface area contributed by atoms with Gasteiger partial charge in [0.2, 0.25) is 5.91 Å². The minimum absolute atomic E-state index is 0.194. The Kier molecular flexibility index (Phi) is 4.38. The maximum atomic E-state index is 13.0. The third-order valence-electron chi connectivity index (χ3n) is 3.93. The Morgan fingerprint density at radius 1 is 1.30 bits per heavy atom. The van der Waals surface area contributed by atoms with Gasteiger partial charge in [-0.1, -0.05) is 0 Å². The number of carbonyl (C=O) groups is 2. The Balaban J connectivity index is 1.75. The Morgan fingerprint density at radius 3 is 2.74 bits per heavy atom. The highest BCUT2D eigenvalue weighted by molar-refractivity contribution is 7.13. The number of rotatable bonds is 3. The summed E-state index contributed by atoms with van der Waals surface area (Å²) in [7, 11) is 0. The van der Waals surface area contributed by atoms with Gasteiger partial charge in [0, 0.05) is 24.0 Å². The van der Waals surface area contributed by atoms with Crippen LogP contribution in [0.3, 0.4) is 0 Å². The second kappa shape index (κ2) is 6.45. The third-order valence-corrected chi connectivity index (χ3v) is 4.82. The van der Waals surface area contributed by atoms with Gasteiger partial charge in [0.1, 0.15) is 16.5 Å². The molecule has 120 valence electrons. The van der Waals surface area contributed by atoms with Crippen LogP contribution in [0.2, 0.25) is 0 Å². The average Bonchev–Trinajstić information content (AvgIpc) is 3.05. The predicted octanol–water partition coefficient (Wildman–Crippen LogP) is 2.29. The zero-order valence-corrected chi connectivity index (χ0v) is 13.2. The minimum Gasteiger partial charge on any atom is -0.369 e. The Bertz CT molecular complexity index is 729. The van der Waals surface area contributed by atoms with Crippen LogP contribution in [0.25, 0.3) is 10.6 Å². The molecule has 0 spiro atoms. The molecule has 5 nitrogen and oxygen atoms in total. The van der Waals surface area contributed by atoms with Gasteiger partial charge in [0.15, 0.2) is 0 Å². The number of aromatic nitrogens is 1. The van der Waals surface area contributed by atoms with E-state index in [1.54, 1.807) is 22.4 Å². The average molecular weight is 333 g/mol. The van der Waals surface area contributed by atoms with Gasteiger partial charge >= 0.3 is 0 Å². The van der Waals surface area contributed by atoms with Gasteiger partial charge in [-0.2, -0.15) is 0 Å². The van der Waals surface area contributed by atoms with Gasteiger partial charge in [-0.05, 0) is 37.1 Å². The monoisotopic (exact) mass is 333 g/mol. The molecule has 1 atom stereocenters. The zero-order chi connectivity index (χ0) is 16.4. The highest BCUT2D eigenvalue weighted by Gasteiger charge is 2.28. The molecule has 1 saturated heterocycles. The summed E-state index contributed by atoms with van der Waals surface area (Å²) in [6.07, 6.45) is 1.48. The number of nitrogens with zero attached hydrogens (tertiary/aromatic N) is 2. The van der Waals surface area contributed by atoms with Crippen LogP contribution in [0.5, 0.6) is 0 Å². The van der Waals surface area contributed by atoms with Crippen molar-refractivity contribution in [3.63, 3.8) is 0 Å². The number of hydrogen-bond acceptors (Lipinski definition) is 4. The fourth-order valence-electron chi connectivity index (χ4n) is 2.65. The van der Waals surface area contributed by atoms with Crippen molar-refractivity contribution < 1.29 is 14.0 Å².